The van der Waals surface area contributed by atoms with Gasteiger partial charge in [0.25, 0.3) is 5.91 Å². The van der Waals surface area contributed by atoms with Crippen LogP contribution in [0.1, 0.15) is 23.3 Å². The van der Waals surface area contributed by atoms with Crippen molar-refractivity contribution >= 4 is 17.5 Å². The lowest BCUT2D eigenvalue weighted by molar-refractivity contribution is 0.0679. The molecule has 1 aromatic rings. The van der Waals surface area contributed by atoms with Crippen molar-refractivity contribution in [1.29, 1.82) is 0 Å². The SMILES string of the molecule is O=C(c1ccn[nH]1)N1CCCC(CCl)C1. The van der Waals surface area contributed by atoms with Crippen molar-refractivity contribution in [2.75, 3.05) is 19.0 Å². The summed E-state index contributed by atoms with van der Waals surface area (Å²) in [4.78, 5) is 13.8. The molecule has 1 aromatic heterocycles. The van der Waals surface area contributed by atoms with E-state index in [0.717, 1.165) is 25.9 Å². The largest absolute Gasteiger partial charge is 0.337 e. The Hall–Kier alpha value is -1.03. The molecule has 1 aliphatic rings. The Bertz CT molecular complexity index is 325. The number of hydrogen-bond donors (Lipinski definition) is 1. The van der Waals surface area contributed by atoms with Gasteiger partial charge in [0.15, 0.2) is 0 Å². The second-order valence-electron chi connectivity index (χ2n) is 3.88. The molecule has 1 fully saturated rings. The van der Waals surface area contributed by atoms with Gasteiger partial charge in [-0.1, -0.05) is 0 Å². The summed E-state index contributed by atoms with van der Waals surface area (Å²) < 4.78 is 0. The maximum atomic E-state index is 11.9. The molecule has 1 unspecified atom stereocenters. The number of alkyl halides is 1. The van der Waals surface area contributed by atoms with Gasteiger partial charge in [0, 0.05) is 25.2 Å². The first-order valence-corrected chi connectivity index (χ1v) is 5.69. The fraction of sp³-hybridized carbons (Fsp3) is 0.600. The Morgan fingerprint density at radius 1 is 1.73 bits per heavy atom. The lowest BCUT2D eigenvalue weighted by Crippen LogP contribution is -2.40. The number of hydrogen-bond acceptors (Lipinski definition) is 2. The van der Waals surface area contributed by atoms with Crippen LogP contribution in [0.4, 0.5) is 0 Å². The Morgan fingerprint density at radius 3 is 3.27 bits per heavy atom. The van der Waals surface area contributed by atoms with Crippen LogP contribution in [0.15, 0.2) is 12.3 Å². The normalized spacial score (nSPS) is 21.7. The van der Waals surface area contributed by atoms with E-state index < -0.39 is 0 Å². The van der Waals surface area contributed by atoms with E-state index in [1.807, 2.05) is 4.90 Å². The summed E-state index contributed by atoms with van der Waals surface area (Å²) in [6.07, 6.45) is 3.75. The lowest BCUT2D eigenvalue weighted by atomic mass is 10.00. The van der Waals surface area contributed by atoms with E-state index in [4.69, 9.17) is 11.6 Å². The first-order valence-electron chi connectivity index (χ1n) is 5.16. The third kappa shape index (κ3) is 2.31. The Labute approximate surface area is 93.6 Å². The monoisotopic (exact) mass is 227 g/mol. The number of nitrogens with zero attached hydrogens (tertiary/aromatic N) is 2. The van der Waals surface area contributed by atoms with Gasteiger partial charge in [-0.2, -0.15) is 5.10 Å². The summed E-state index contributed by atoms with van der Waals surface area (Å²) in [7, 11) is 0. The van der Waals surface area contributed by atoms with E-state index in [1.165, 1.54) is 0 Å². The average molecular weight is 228 g/mol. The van der Waals surface area contributed by atoms with Crippen LogP contribution in [0.3, 0.4) is 0 Å². The molecule has 2 heterocycles. The van der Waals surface area contributed by atoms with Crippen LogP contribution in [0, 0.1) is 5.92 Å². The third-order valence-electron chi connectivity index (χ3n) is 2.76. The summed E-state index contributed by atoms with van der Waals surface area (Å²) in [5, 5.41) is 6.47. The maximum Gasteiger partial charge on any atom is 0.271 e. The zero-order chi connectivity index (χ0) is 10.7. The fourth-order valence-electron chi connectivity index (χ4n) is 1.92. The van der Waals surface area contributed by atoms with E-state index in [-0.39, 0.29) is 5.91 Å². The lowest BCUT2D eigenvalue weighted by Gasteiger charge is -2.31. The van der Waals surface area contributed by atoms with Crippen LogP contribution in [-0.2, 0) is 0 Å². The van der Waals surface area contributed by atoms with Crippen LogP contribution in [0.2, 0.25) is 0 Å². The number of aromatic amines is 1. The number of H-pyrrole nitrogens is 1. The predicted molar refractivity (Wildman–Crippen MR) is 57.9 cm³/mol. The standard InChI is InChI=1S/C10H14ClN3O/c11-6-8-2-1-5-14(7-8)10(15)9-3-4-12-13-9/h3-4,8H,1-2,5-7H2,(H,12,13). The first kappa shape index (κ1) is 10.5. The van der Waals surface area contributed by atoms with E-state index in [2.05, 4.69) is 10.2 Å². The van der Waals surface area contributed by atoms with Gasteiger partial charge in [0.05, 0.1) is 0 Å². The molecule has 2 rings (SSSR count). The minimum Gasteiger partial charge on any atom is -0.337 e. The van der Waals surface area contributed by atoms with E-state index >= 15 is 0 Å². The number of likely N-dealkylation sites (tertiary alicyclic amines) is 1. The highest BCUT2D eigenvalue weighted by Crippen LogP contribution is 2.18. The van der Waals surface area contributed by atoms with Crippen LogP contribution in [0.5, 0.6) is 0 Å². The van der Waals surface area contributed by atoms with Gasteiger partial charge in [-0.25, -0.2) is 0 Å². The van der Waals surface area contributed by atoms with Crippen LogP contribution in [-0.4, -0.2) is 40.0 Å². The van der Waals surface area contributed by atoms with E-state index in [9.17, 15) is 4.79 Å². The number of halogens is 1. The summed E-state index contributed by atoms with van der Waals surface area (Å²) in [5.74, 6) is 1.10. The second kappa shape index (κ2) is 4.66. The summed E-state index contributed by atoms with van der Waals surface area (Å²) in [6, 6.07) is 1.70. The highest BCUT2D eigenvalue weighted by Gasteiger charge is 2.24. The Balaban J connectivity index is 2.01. The molecule has 0 spiro atoms. The molecule has 0 radical (unpaired) electrons. The number of carbonyl (C=O) groups is 1. The molecule has 1 atom stereocenters. The van der Waals surface area contributed by atoms with E-state index in [0.29, 0.717) is 17.5 Å². The molecule has 15 heavy (non-hydrogen) atoms. The van der Waals surface area contributed by atoms with Crippen molar-refractivity contribution < 1.29 is 4.79 Å². The van der Waals surface area contributed by atoms with Gasteiger partial charge in [-0.05, 0) is 24.8 Å². The molecule has 82 valence electrons. The molecular formula is C10H14ClN3O. The fourth-order valence-corrected chi connectivity index (χ4v) is 2.17. The number of nitrogens with one attached hydrogen (secondary N) is 1. The van der Waals surface area contributed by atoms with Crippen LogP contribution >= 0.6 is 11.6 Å². The van der Waals surface area contributed by atoms with Crippen molar-refractivity contribution in [3.05, 3.63) is 18.0 Å². The van der Waals surface area contributed by atoms with E-state index in [1.54, 1.807) is 12.3 Å². The molecular weight excluding hydrogens is 214 g/mol. The number of amides is 1. The first-order chi connectivity index (χ1) is 7.31. The van der Waals surface area contributed by atoms with Crippen molar-refractivity contribution in [2.45, 2.75) is 12.8 Å². The summed E-state index contributed by atoms with van der Waals surface area (Å²) in [6.45, 7) is 1.59. The van der Waals surface area contributed by atoms with Gasteiger partial charge < -0.3 is 4.90 Å². The molecule has 1 aliphatic heterocycles. The molecule has 1 N–H and O–H groups in total. The molecule has 0 bridgehead atoms. The van der Waals surface area contributed by atoms with Gasteiger partial charge in [0.1, 0.15) is 5.69 Å². The highest BCUT2D eigenvalue weighted by atomic mass is 35.5. The smallest absolute Gasteiger partial charge is 0.271 e. The van der Waals surface area contributed by atoms with Crippen molar-refractivity contribution in [1.82, 2.24) is 15.1 Å². The van der Waals surface area contributed by atoms with Gasteiger partial charge in [0.2, 0.25) is 0 Å². The quantitative estimate of drug-likeness (QED) is 0.779. The molecule has 1 amide bonds. The minimum atomic E-state index is 0.0299. The van der Waals surface area contributed by atoms with Crippen molar-refractivity contribution in [3.8, 4) is 0 Å². The molecule has 5 heteroatoms. The topological polar surface area (TPSA) is 49.0 Å². The molecule has 4 nitrogen and oxygen atoms in total. The van der Waals surface area contributed by atoms with Crippen molar-refractivity contribution in [2.24, 2.45) is 5.92 Å². The molecule has 0 aromatic carbocycles. The molecule has 1 saturated heterocycles. The number of carbonyl (C=O) groups excluding carboxylic acids is 1. The van der Waals surface area contributed by atoms with Crippen molar-refractivity contribution in [3.63, 3.8) is 0 Å². The minimum absolute atomic E-state index is 0.0299. The maximum absolute atomic E-state index is 11.9. The number of rotatable bonds is 2. The summed E-state index contributed by atoms with van der Waals surface area (Å²) in [5.41, 5.74) is 0.560. The zero-order valence-electron chi connectivity index (χ0n) is 8.45. The van der Waals surface area contributed by atoms with Gasteiger partial charge in [-0.3, -0.25) is 9.89 Å². The van der Waals surface area contributed by atoms with Gasteiger partial charge >= 0.3 is 0 Å². The Morgan fingerprint density at radius 2 is 2.60 bits per heavy atom. The third-order valence-corrected chi connectivity index (χ3v) is 3.19. The zero-order valence-corrected chi connectivity index (χ0v) is 9.20. The highest BCUT2D eigenvalue weighted by molar-refractivity contribution is 6.18. The average Bonchev–Trinajstić information content (AvgIpc) is 2.81. The molecule has 0 saturated carbocycles. The number of aromatic nitrogens is 2. The number of piperidine rings is 1. The van der Waals surface area contributed by atoms with Crippen LogP contribution in [0.25, 0.3) is 0 Å². The van der Waals surface area contributed by atoms with Crippen LogP contribution < -0.4 is 0 Å². The Kier molecular flexibility index (Phi) is 3.26. The predicted octanol–water partition coefficient (Wildman–Crippen LogP) is 1.50. The van der Waals surface area contributed by atoms with Gasteiger partial charge in [-0.15, -0.1) is 11.6 Å². The molecule has 0 aliphatic carbocycles. The second-order valence-corrected chi connectivity index (χ2v) is 4.19. The summed E-state index contributed by atoms with van der Waals surface area (Å²) >= 11 is 5.82.